The van der Waals surface area contributed by atoms with Crippen LogP contribution in [0.5, 0.6) is 0 Å². The molecule has 0 atom stereocenters. The molecule has 6 heteroatoms. The van der Waals surface area contributed by atoms with E-state index in [0.29, 0.717) is 12.3 Å². The fraction of sp³-hybridized carbons (Fsp3) is 0.353. The molecule has 0 unspecified atom stereocenters. The summed E-state index contributed by atoms with van der Waals surface area (Å²) in [4.78, 5) is 23.8. The number of hydrogen-bond donors (Lipinski definition) is 2. The van der Waals surface area contributed by atoms with Gasteiger partial charge < -0.3 is 9.84 Å². The zero-order valence-corrected chi connectivity index (χ0v) is 13.8. The van der Waals surface area contributed by atoms with Crippen molar-refractivity contribution in [1.29, 1.82) is 0 Å². The van der Waals surface area contributed by atoms with Crippen LogP contribution in [0.2, 0.25) is 0 Å². The molecule has 0 fully saturated rings. The number of rotatable bonds is 4. The van der Waals surface area contributed by atoms with E-state index in [-0.39, 0.29) is 11.2 Å². The molecular weight excluding hydrogens is 294 g/mol. The van der Waals surface area contributed by atoms with E-state index in [1.165, 1.54) is 0 Å². The lowest BCUT2D eigenvalue weighted by Gasteiger charge is -2.27. The van der Waals surface area contributed by atoms with Crippen LogP contribution in [0.15, 0.2) is 34.9 Å². The zero-order chi connectivity index (χ0) is 17.0. The van der Waals surface area contributed by atoms with Gasteiger partial charge in [0.2, 0.25) is 0 Å². The second-order valence-corrected chi connectivity index (χ2v) is 6.16. The highest BCUT2D eigenvalue weighted by Gasteiger charge is 2.25. The summed E-state index contributed by atoms with van der Waals surface area (Å²) in [5.41, 5.74) is 1.99. The standard InChI is InChI=1S/C17H21N3O3/c1-11-7-5-6-8-13(11)17(3,4)10-18-15(21)16(22)19-14-9-12(2)23-20-14/h5-9H,10H2,1-4H3,(H,18,21)(H,19,20,22). The topological polar surface area (TPSA) is 84.2 Å². The van der Waals surface area contributed by atoms with Gasteiger partial charge >= 0.3 is 11.8 Å². The van der Waals surface area contributed by atoms with Crippen molar-refractivity contribution in [3.05, 3.63) is 47.2 Å². The molecule has 0 aliphatic heterocycles. The normalized spacial score (nSPS) is 11.1. The number of hydrogen-bond acceptors (Lipinski definition) is 4. The average Bonchev–Trinajstić information content (AvgIpc) is 2.90. The minimum absolute atomic E-state index is 0.223. The minimum atomic E-state index is -0.765. The summed E-state index contributed by atoms with van der Waals surface area (Å²) in [5, 5.41) is 8.68. The van der Waals surface area contributed by atoms with E-state index in [2.05, 4.69) is 15.8 Å². The number of carbonyl (C=O) groups excluding carboxylic acids is 2. The van der Waals surface area contributed by atoms with Crippen molar-refractivity contribution in [2.24, 2.45) is 0 Å². The number of nitrogens with one attached hydrogen (secondary N) is 2. The van der Waals surface area contributed by atoms with Crippen molar-refractivity contribution in [1.82, 2.24) is 10.5 Å². The number of benzene rings is 1. The minimum Gasteiger partial charge on any atom is -0.360 e. The summed E-state index contributed by atoms with van der Waals surface area (Å²) < 4.78 is 4.83. The van der Waals surface area contributed by atoms with Crippen LogP contribution in [0.1, 0.15) is 30.7 Å². The highest BCUT2D eigenvalue weighted by molar-refractivity contribution is 6.39. The van der Waals surface area contributed by atoms with E-state index in [1.54, 1.807) is 13.0 Å². The van der Waals surface area contributed by atoms with Gasteiger partial charge in [-0.1, -0.05) is 43.3 Å². The van der Waals surface area contributed by atoms with Crippen LogP contribution in [-0.2, 0) is 15.0 Å². The van der Waals surface area contributed by atoms with Crippen molar-refractivity contribution in [3.63, 3.8) is 0 Å². The molecular formula is C17H21N3O3. The maximum absolute atomic E-state index is 11.9. The number of nitrogens with zero attached hydrogens (tertiary/aromatic N) is 1. The fourth-order valence-corrected chi connectivity index (χ4v) is 2.41. The molecule has 23 heavy (non-hydrogen) atoms. The van der Waals surface area contributed by atoms with E-state index >= 15 is 0 Å². The van der Waals surface area contributed by atoms with Crippen LogP contribution in [0.25, 0.3) is 0 Å². The lowest BCUT2D eigenvalue weighted by molar-refractivity contribution is -0.136. The Morgan fingerprint density at radius 3 is 2.48 bits per heavy atom. The second-order valence-electron chi connectivity index (χ2n) is 6.16. The lowest BCUT2D eigenvalue weighted by atomic mass is 9.82. The molecule has 0 saturated carbocycles. The van der Waals surface area contributed by atoms with Crippen LogP contribution in [0, 0.1) is 13.8 Å². The third kappa shape index (κ3) is 4.18. The lowest BCUT2D eigenvalue weighted by Crippen LogP contribution is -2.42. The number of anilines is 1. The molecule has 1 aromatic heterocycles. The van der Waals surface area contributed by atoms with Gasteiger partial charge in [0.1, 0.15) is 5.76 Å². The molecule has 0 aliphatic carbocycles. The Labute approximate surface area is 135 Å². The molecule has 2 N–H and O–H groups in total. The van der Waals surface area contributed by atoms with Gasteiger partial charge in [0, 0.05) is 18.0 Å². The average molecular weight is 315 g/mol. The van der Waals surface area contributed by atoms with Gasteiger partial charge in [-0.15, -0.1) is 0 Å². The van der Waals surface area contributed by atoms with Gasteiger partial charge in [-0.2, -0.15) is 0 Å². The predicted molar refractivity (Wildman–Crippen MR) is 87.1 cm³/mol. The predicted octanol–water partition coefficient (Wildman–Crippen LogP) is 2.32. The molecule has 0 radical (unpaired) electrons. The quantitative estimate of drug-likeness (QED) is 0.848. The molecule has 2 rings (SSSR count). The molecule has 0 spiro atoms. The van der Waals surface area contributed by atoms with Crippen molar-refractivity contribution in [2.45, 2.75) is 33.1 Å². The molecule has 2 aromatic rings. The third-order valence-corrected chi connectivity index (χ3v) is 3.64. The van der Waals surface area contributed by atoms with Gasteiger partial charge in [0.15, 0.2) is 5.82 Å². The Hall–Kier alpha value is -2.63. The number of aromatic nitrogens is 1. The fourth-order valence-electron chi connectivity index (χ4n) is 2.41. The Morgan fingerprint density at radius 2 is 1.87 bits per heavy atom. The number of carbonyl (C=O) groups is 2. The SMILES string of the molecule is Cc1cc(NC(=O)C(=O)NCC(C)(C)c2ccccc2C)no1. The molecule has 1 heterocycles. The summed E-state index contributed by atoms with van der Waals surface area (Å²) >= 11 is 0. The van der Waals surface area contributed by atoms with Crippen LogP contribution in [0.4, 0.5) is 5.82 Å². The molecule has 0 saturated heterocycles. The summed E-state index contributed by atoms with van der Waals surface area (Å²) in [6.07, 6.45) is 0. The molecule has 6 nitrogen and oxygen atoms in total. The van der Waals surface area contributed by atoms with E-state index in [9.17, 15) is 9.59 Å². The van der Waals surface area contributed by atoms with Crippen molar-refractivity contribution < 1.29 is 14.1 Å². The van der Waals surface area contributed by atoms with Gasteiger partial charge in [-0.05, 0) is 25.0 Å². The van der Waals surface area contributed by atoms with Crippen LogP contribution in [0.3, 0.4) is 0 Å². The Bertz CT molecular complexity index is 719. The summed E-state index contributed by atoms with van der Waals surface area (Å²) in [6.45, 7) is 8.12. The number of aryl methyl sites for hydroxylation is 2. The van der Waals surface area contributed by atoms with E-state index in [4.69, 9.17) is 4.52 Å². The first kappa shape index (κ1) is 16.7. The summed E-state index contributed by atoms with van der Waals surface area (Å²) in [6, 6.07) is 9.53. The van der Waals surface area contributed by atoms with Gasteiger partial charge in [-0.25, -0.2) is 0 Å². The Balaban J connectivity index is 1.95. The molecule has 0 bridgehead atoms. The van der Waals surface area contributed by atoms with Crippen LogP contribution >= 0.6 is 0 Å². The summed E-state index contributed by atoms with van der Waals surface area (Å²) in [5.74, 6) is -0.687. The highest BCUT2D eigenvalue weighted by Crippen LogP contribution is 2.25. The van der Waals surface area contributed by atoms with Crippen molar-refractivity contribution >= 4 is 17.6 Å². The largest absolute Gasteiger partial charge is 0.360 e. The number of amides is 2. The van der Waals surface area contributed by atoms with E-state index in [1.807, 2.05) is 45.0 Å². The smallest absolute Gasteiger partial charge is 0.314 e. The molecule has 2 amide bonds. The first-order valence-corrected chi connectivity index (χ1v) is 7.38. The zero-order valence-electron chi connectivity index (χ0n) is 13.8. The van der Waals surface area contributed by atoms with Crippen LogP contribution < -0.4 is 10.6 Å². The maximum Gasteiger partial charge on any atom is 0.314 e. The van der Waals surface area contributed by atoms with Crippen molar-refractivity contribution in [3.8, 4) is 0 Å². The van der Waals surface area contributed by atoms with Gasteiger partial charge in [-0.3, -0.25) is 14.9 Å². The first-order valence-electron chi connectivity index (χ1n) is 7.38. The Kier molecular flexibility index (Phi) is 4.83. The Morgan fingerprint density at radius 1 is 1.17 bits per heavy atom. The highest BCUT2D eigenvalue weighted by atomic mass is 16.5. The third-order valence-electron chi connectivity index (χ3n) is 3.64. The maximum atomic E-state index is 11.9. The molecule has 122 valence electrons. The van der Waals surface area contributed by atoms with E-state index < -0.39 is 11.8 Å². The molecule has 1 aromatic carbocycles. The monoisotopic (exact) mass is 315 g/mol. The molecule has 0 aliphatic rings. The van der Waals surface area contributed by atoms with Crippen LogP contribution in [-0.4, -0.2) is 23.5 Å². The second kappa shape index (κ2) is 6.64. The first-order chi connectivity index (χ1) is 10.8. The van der Waals surface area contributed by atoms with E-state index in [0.717, 1.165) is 11.1 Å². The summed E-state index contributed by atoms with van der Waals surface area (Å²) in [7, 11) is 0. The van der Waals surface area contributed by atoms with Gasteiger partial charge in [0.25, 0.3) is 0 Å². The van der Waals surface area contributed by atoms with Crippen molar-refractivity contribution in [2.75, 3.05) is 11.9 Å². The van der Waals surface area contributed by atoms with Gasteiger partial charge in [0.05, 0.1) is 0 Å².